The van der Waals surface area contributed by atoms with Crippen molar-refractivity contribution in [2.75, 3.05) is 13.1 Å². The number of rotatable bonds is 7. The van der Waals surface area contributed by atoms with Crippen molar-refractivity contribution < 1.29 is 14.4 Å². The second-order valence-corrected chi connectivity index (χ2v) is 5.40. The first kappa shape index (κ1) is 14.5. The predicted octanol–water partition coefficient (Wildman–Crippen LogP) is 1.13. The standard InChI is InChI=1S/C14H21BFNO2/c1-2-7-17(9-11-3-4-11)10-12-5-6-13(16)8-14(12)15(18)19/h5-6,8,11,18-19H,2-4,7,9-10H2,1H3. The summed E-state index contributed by atoms with van der Waals surface area (Å²) in [7, 11) is -1.62. The van der Waals surface area contributed by atoms with E-state index in [4.69, 9.17) is 0 Å². The lowest BCUT2D eigenvalue weighted by molar-refractivity contribution is 0.255. The van der Waals surface area contributed by atoms with Crippen LogP contribution in [0.5, 0.6) is 0 Å². The van der Waals surface area contributed by atoms with Gasteiger partial charge >= 0.3 is 7.12 Å². The van der Waals surface area contributed by atoms with Crippen molar-refractivity contribution in [1.82, 2.24) is 4.90 Å². The van der Waals surface area contributed by atoms with E-state index in [1.54, 1.807) is 6.07 Å². The summed E-state index contributed by atoms with van der Waals surface area (Å²) in [4.78, 5) is 2.32. The summed E-state index contributed by atoms with van der Waals surface area (Å²) in [6, 6.07) is 4.24. The van der Waals surface area contributed by atoms with Gasteiger partial charge in [-0.2, -0.15) is 0 Å². The molecule has 1 saturated carbocycles. The van der Waals surface area contributed by atoms with Gasteiger partial charge in [-0.3, -0.25) is 4.90 Å². The average Bonchev–Trinajstić information content (AvgIpc) is 3.15. The summed E-state index contributed by atoms with van der Waals surface area (Å²) < 4.78 is 13.2. The molecule has 1 aliphatic carbocycles. The van der Waals surface area contributed by atoms with Crippen LogP contribution in [-0.2, 0) is 6.54 Å². The molecule has 0 unspecified atom stereocenters. The van der Waals surface area contributed by atoms with E-state index in [0.717, 1.165) is 31.0 Å². The topological polar surface area (TPSA) is 43.7 Å². The van der Waals surface area contributed by atoms with Gasteiger partial charge in [0.15, 0.2) is 0 Å². The molecule has 2 N–H and O–H groups in total. The van der Waals surface area contributed by atoms with E-state index in [9.17, 15) is 14.4 Å². The molecular weight excluding hydrogens is 244 g/mol. The molecule has 1 aliphatic rings. The summed E-state index contributed by atoms with van der Waals surface area (Å²) in [5.41, 5.74) is 1.07. The molecule has 0 atom stereocenters. The van der Waals surface area contributed by atoms with Crippen LogP contribution in [0.1, 0.15) is 31.7 Å². The fraction of sp³-hybridized carbons (Fsp3) is 0.571. The molecule has 0 aliphatic heterocycles. The average molecular weight is 265 g/mol. The van der Waals surface area contributed by atoms with E-state index in [0.29, 0.717) is 6.54 Å². The van der Waals surface area contributed by atoms with Gasteiger partial charge in [0.2, 0.25) is 0 Å². The Labute approximate surface area is 114 Å². The molecule has 3 nitrogen and oxygen atoms in total. The summed E-state index contributed by atoms with van der Waals surface area (Å²) in [6.07, 6.45) is 3.64. The normalized spacial score (nSPS) is 15.0. The second kappa shape index (κ2) is 6.50. The van der Waals surface area contributed by atoms with Crippen molar-refractivity contribution in [3.63, 3.8) is 0 Å². The molecule has 19 heavy (non-hydrogen) atoms. The Hall–Kier alpha value is -0.905. The minimum Gasteiger partial charge on any atom is -0.423 e. The zero-order valence-corrected chi connectivity index (χ0v) is 11.3. The van der Waals surface area contributed by atoms with Gasteiger partial charge in [-0.05, 0) is 54.9 Å². The molecule has 5 heteroatoms. The summed E-state index contributed by atoms with van der Waals surface area (Å²) >= 11 is 0. The maximum absolute atomic E-state index is 13.2. The van der Waals surface area contributed by atoms with Crippen LogP contribution < -0.4 is 5.46 Å². The van der Waals surface area contributed by atoms with Crippen molar-refractivity contribution in [3.8, 4) is 0 Å². The van der Waals surface area contributed by atoms with E-state index < -0.39 is 12.9 Å². The van der Waals surface area contributed by atoms with Crippen LogP contribution in [0, 0.1) is 11.7 Å². The van der Waals surface area contributed by atoms with Crippen molar-refractivity contribution >= 4 is 12.6 Å². The van der Waals surface area contributed by atoms with Crippen LogP contribution in [0.3, 0.4) is 0 Å². The minimum atomic E-state index is -1.62. The molecule has 1 fully saturated rings. The highest BCUT2D eigenvalue weighted by molar-refractivity contribution is 6.59. The fourth-order valence-electron chi connectivity index (χ4n) is 2.41. The van der Waals surface area contributed by atoms with Gasteiger partial charge < -0.3 is 10.0 Å². The molecule has 0 aromatic heterocycles. The Kier molecular flexibility index (Phi) is 4.96. The summed E-state index contributed by atoms with van der Waals surface area (Å²) in [6.45, 7) is 4.81. The lowest BCUT2D eigenvalue weighted by Gasteiger charge is -2.23. The maximum atomic E-state index is 13.2. The molecule has 104 valence electrons. The molecule has 0 spiro atoms. The van der Waals surface area contributed by atoms with Crippen LogP contribution >= 0.6 is 0 Å². The Morgan fingerprint density at radius 1 is 1.37 bits per heavy atom. The first-order valence-corrected chi connectivity index (χ1v) is 6.97. The quantitative estimate of drug-likeness (QED) is 0.726. The first-order valence-electron chi connectivity index (χ1n) is 6.97. The Bertz CT molecular complexity index is 424. The van der Waals surface area contributed by atoms with Crippen molar-refractivity contribution in [3.05, 3.63) is 29.6 Å². The molecule has 2 rings (SSSR count). The zero-order valence-electron chi connectivity index (χ0n) is 11.3. The van der Waals surface area contributed by atoms with Crippen LogP contribution in [0.2, 0.25) is 0 Å². The van der Waals surface area contributed by atoms with Crippen molar-refractivity contribution in [2.24, 2.45) is 5.92 Å². The van der Waals surface area contributed by atoms with Gasteiger partial charge in [0.1, 0.15) is 5.82 Å². The van der Waals surface area contributed by atoms with Crippen molar-refractivity contribution in [2.45, 2.75) is 32.7 Å². The molecule has 1 aromatic rings. The molecule has 0 saturated heterocycles. The van der Waals surface area contributed by atoms with Crippen LogP contribution in [0.4, 0.5) is 4.39 Å². The molecule has 1 aromatic carbocycles. The first-order chi connectivity index (χ1) is 9.10. The van der Waals surface area contributed by atoms with E-state index in [-0.39, 0.29) is 5.46 Å². The molecule has 0 amide bonds. The third-order valence-electron chi connectivity index (χ3n) is 3.53. The number of benzene rings is 1. The third kappa shape index (κ3) is 4.30. The van der Waals surface area contributed by atoms with Gasteiger partial charge in [0.25, 0.3) is 0 Å². The number of halogens is 1. The number of hydrogen-bond donors (Lipinski definition) is 2. The second-order valence-electron chi connectivity index (χ2n) is 5.40. The smallest absolute Gasteiger partial charge is 0.423 e. The molecule has 0 heterocycles. The highest BCUT2D eigenvalue weighted by atomic mass is 19.1. The van der Waals surface area contributed by atoms with Crippen LogP contribution in [-0.4, -0.2) is 35.2 Å². The summed E-state index contributed by atoms with van der Waals surface area (Å²) in [5, 5.41) is 18.7. The number of hydrogen-bond acceptors (Lipinski definition) is 3. The Morgan fingerprint density at radius 2 is 2.11 bits per heavy atom. The van der Waals surface area contributed by atoms with Gasteiger partial charge in [0, 0.05) is 13.1 Å². The van der Waals surface area contributed by atoms with Gasteiger partial charge in [-0.1, -0.05) is 13.0 Å². The number of nitrogens with zero attached hydrogens (tertiary/aromatic N) is 1. The predicted molar refractivity (Wildman–Crippen MR) is 74.5 cm³/mol. The lowest BCUT2D eigenvalue weighted by Crippen LogP contribution is -2.37. The van der Waals surface area contributed by atoms with Crippen LogP contribution in [0.25, 0.3) is 0 Å². The van der Waals surface area contributed by atoms with Gasteiger partial charge in [-0.15, -0.1) is 0 Å². The zero-order chi connectivity index (χ0) is 13.8. The Morgan fingerprint density at radius 3 is 2.68 bits per heavy atom. The van der Waals surface area contributed by atoms with Gasteiger partial charge in [-0.25, -0.2) is 4.39 Å². The molecular formula is C14H21BFNO2. The highest BCUT2D eigenvalue weighted by Crippen LogP contribution is 2.30. The fourth-order valence-corrected chi connectivity index (χ4v) is 2.41. The SMILES string of the molecule is CCCN(Cc1ccc(F)cc1B(O)O)CC1CC1. The molecule has 0 radical (unpaired) electrons. The van der Waals surface area contributed by atoms with E-state index in [1.165, 1.54) is 25.0 Å². The summed E-state index contributed by atoms with van der Waals surface area (Å²) in [5.74, 6) is 0.352. The van der Waals surface area contributed by atoms with E-state index in [2.05, 4.69) is 11.8 Å². The lowest BCUT2D eigenvalue weighted by atomic mass is 9.77. The monoisotopic (exact) mass is 265 g/mol. The Balaban J connectivity index is 2.10. The third-order valence-corrected chi connectivity index (χ3v) is 3.53. The highest BCUT2D eigenvalue weighted by Gasteiger charge is 2.25. The van der Waals surface area contributed by atoms with Crippen molar-refractivity contribution in [1.29, 1.82) is 0 Å². The van der Waals surface area contributed by atoms with E-state index in [1.807, 2.05) is 0 Å². The van der Waals surface area contributed by atoms with Gasteiger partial charge in [0.05, 0.1) is 0 Å². The minimum absolute atomic E-state index is 0.275. The molecule has 0 bridgehead atoms. The maximum Gasteiger partial charge on any atom is 0.488 e. The largest absolute Gasteiger partial charge is 0.488 e. The van der Waals surface area contributed by atoms with Crippen LogP contribution in [0.15, 0.2) is 18.2 Å². The van der Waals surface area contributed by atoms with E-state index >= 15 is 0 Å².